The molecule has 6 heteroatoms. The summed E-state index contributed by atoms with van der Waals surface area (Å²) in [6, 6.07) is 2.09. The lowest BCUT2D eigenvalue weighted by atomic mass is 10.1. The number of hydrogen-bond donors (Lipinski definition) is 1. The summed E-state index contributed by atoms with van der Waals surface area (Å²) in [7, 11) is 0. The van der Waals surface area contributed by atoms with Crippen molar-refractivity contribution < 1.29 is 4.79 Å². The van der Waals surface area contributed by atoms with E-state index in [9.17, 15) is 4.79 Å². The molecule has 0 aliphatic carbocycles. The maximum absolute atomic E-state index is 12.5. The van der Waals surface area contributed by atoms with Crippen molar-refractivity contribution in [2.24, 2.45) is 11.8 Å². The van der Waals surface area contributed by atoms with Gasteiger partial charge in [0.05, 0.1) is 5.39 Å². The summed E-state index contributed by atoms with van der Waals surface area (Å²) in [5.41, 5.74) is 0. The Morgan fingerprint density at radius 3 is 2.50 bits per heavy atom. The number of carbonyl (C=O) groups excluding carboxylic acids is 1. The maximum atomic E-state index is 12.5. The van der Waals surface area contributed by atoms with Crippen molar-refractivity contribution in [2.45, 2.75) is 41.0 Å². The number of amides is 1. The molecule has 2 aromatic heterocycles. The number of nitrogens with one attached hydrogen (secondary N) is 1. The van der Waals surface area contributed by atoms with Crippen molar-refractivity contribution in [3.8, 4) is 0 Å². The van der Waals surface area contributed by atoms with E-state index in [0.717, 1.165) is 29.1 Å². The number of rotatable bonds is 8. The SMILES string of the molecule is Cc1cc2c(NCCC(=O)N(CC(C)C)CC(C)C)ncnc2s1. The maximum Gasteiger partial charge on any atom is 0.224 e. The van der Waals surface area contributed by atoms with Crippen LogP contribution in [0.3, 0.4) is 0 Å². The van der Waals surface area contributed by atoms with Crippen molar-refractivity contribution in [1.29, 1.82) is 0 Å². The van der Waals surface area contributed by atoms with Gasteiger partial charge in [-0.2, -0.15) is 0 Å². The van der Waals surface area contributed by atoms with Gasteiger partial charge in [-0.05, 0) is 24.8 Å². The lowest BCUT2D eigenvalue weighted by molar-refractivity contribution is -0.132. The van der Waals surface area contributed by atoms with Crippen molar-refractivity contribution in [3.63, 3.8) is 0 Å². The van der Waals surface area contributed by atoms with Crippen LogP contribution < -0.4 is 5.32 Å². The molecule has 0 aliphatic rings. The third kappa shape index (κ3) is 5.16. The van der Waals surface area contributed by atoms with E-state index in [-0.39, 0.29) is 5.91 Å². The van der Waals surface area contributed by atoms with Gasteiger partial charge in [-0.3, -0.25) is 4.79 Å². The second-order valence-corrected chi connectivity index (χ2v) is 8.30. The number of anilines is 1. The average molecular weight is 349 g/mol. The first-order chi connectivity index (χ1) is 11.4. The Morgan fingerprint density at radius 2 is 1.88 bits per heavy atom. The number of aryl methyl sites for hydroxylation is 1. The Bertz CT molecular complexity index is 671. The molecule has 0 aliphatic heterocycles. The molecule has 1 amide bonds. The summed E-state index contributed by atoms with van der Waals surface area (Å²) in [5, 5.41) is 4.34. The number of thiophene rings is 1. The topological polar surface area (TPSA) is 58.1 Å². The summed E-state index contributed by atoms with van der Waals surface area (Å²) in [5.74, 6) is 1.99. The highest BCUT2D eigenvalue weighted by molar-refractivity contribution is 7.18. The summed E-state index contributed by atoms with van der Waals surface area (Å²) >= 11 is 1.66. The van der Waals surface area contributed by atoms with Crippen LogP contribution >= 0.6 is 11.3 Å². The highest BCUT2D eigenvalue weighted by Gasteiger charge is 2.16. The van der Waals surface area contributed by atoms with Crippen molar-refractivity contribution in [1.82, 2.24) is 14.9 Å². The van der Waals surface area contributed by atoms with Crippen LogP contribution in [0.4, 0.5) is 5.82 Å². The van der Waals surface area contributed by atoms with Crippen LogP contribution in [0.25, 0.3) is 10.2 Å². The highest BCUT2D eigenvalue weighted by atomic mass is 32.1. The Hall–Kier alpha value is -1.69. The van der Waals surface area contributed by atoms with E-state index < -0.39 is 0 Å². The fraction of sp³-hybridized carbons (Fsp3) is 0.611. The van der Waals surface area contributed by atoms with E-state index in [0.29, 0.717) is 24.8 Å². The molecule has 0 atom stereocenters. The number of carbonyl (C=O) groups is 1. The molecule has 2 aromatic rings. The zero-order chi connectivity index (χ0) is 17.7. The first-order valence-corrected chi connectivity index (χ1v) is 9.41. The quantitative estimate of drug-likeness (QED) is 0.785. The van der Waals surface area contributed by atoms with E-state index in [1.54, 1.807) is 17.7 Å². The first kappa shape index (κ1) is 18.6. The second kappa shape index (κ2) is 8.42. The summed E-state index contributed by atoms with van der Waals surface area (Å²) in [6.07, 6.45) is 2.06. The van der Waals surface area contributed by atoms with Gasteiger partial charge in [0.2, 0.25) is 5.91 Å². The standard InChI is InChI=1S/C18H28N4OS/c1-12(2)9-22(10-13(3)4)16(23)6-7-19-17-15-8-14(5)24-18(15)21-11-20-17/h8,11-13H,6-7,9-10H2,1-5H3,(H,19,20,21). The van der Waals surface area contributed by atoms with Crippen LogP contribution in [0, 0.1) is 18.8 Å². The molecule has 0 radical (unpaired) electrons. The Balaban J connectivity index is 1.94. The predicted octanol–water partition coefficient (Wildman–Crippen LogP) is 3.94. The molecule has 1 N–H and O–H groups in total. The van der Waals surface area contributed by atoms with Gasteiger partial charge in [0.15, 0.2) is 0 Å². The number of nitrogens with zero attached hydrogens (tertiary/aromatic N) is 3. The molecular weight excluding hydrogens is 320 g/mol. The molecular formula is C18H28N4OS. The minimum absolute atomic E-state index is 0.205. The average Bonchev–Trinajstić information content (AvgIpc) is 2.86. The number of aromatic nitrogens is 2. The Morgan fingerprint density at radius 1 is 1.21 bits per heavy atom. The molecule has 0 spiro atoms. The van der Waals surface area contributed by atoms with Gasteiger partial charge in [0.1, 0.15) is 17.0 Å². The van der Waals surface area contributed by atoms with Crippen LogP contribution in [0.5, 0.6) is 0 Å². The summed E-state index contributed by atoms with van der Waals surface area (Å²) in [6.45, 7) is 12.9. The fourth-order valence-corrected chi connectivity index (χ4v) is 3.57. The third-order valence-corrected chi connectivity index (χ3v) is 4.57. The van der Waals surface area contributed by atoms with Crippen LogP contribution in [-0.4, -0.2) is 40.4 Å². The van der Waals surface area contributed by atoms with Gasteiger partial charge in [-0.25, -0.2) is 9.97 Å². The summed E-state index contributed by atoms with van der Waals surface area (Å²) in [4.78, 5) is 25.3. The monoisotopic (exact) mass is 348 g/mol. The molecule has 0 unspecified atom stereocenters. The van der Waals surface area contributed by atoms with Crippen molar-refractivity contribution >= 4 is 33.3 Å². The predicted molar refractivity (Wildman–Crippen MR) is 102 cm³/mol. The van der Waals surface area contributed by atoms with Gasteiger partial charge in [-0.15, -0.1) is 11.3 Å². The molecule has 24 heavy (non-hydrogen) atoms. The zero-order valence-electron chi connectivity index (χ0n) is 15.3. The lowest BCUT2D eigenvalue weighted by Crippen LogP contribution is -2.37. The fourth-order valence-electron chi connectivity index (χ4n) is 2.72. The van der Waals surface area contributed by atoms with E-state index in [1.807, 2.05) is 4.90 Å². The van der Waals surface area contributed by atoms with Crippen LogP contribution in [-0.2, 0) is 4.79 Å². The van der Waals surface area contributed by atoms with Crippen molar-refractivity contribution in [2.75, 3.05) is 25.0 Å². The molecule has 2 heterocycles. The molecule has 0 saturated heterocycles. The van der Waals surface area contributed by atoms with Gasteiger partial charge >= 0.3 is 0 Å². The van der Waals surface area contributed by atoms with Crippen LogP contribution in [0.1, 0.15) is 39.0 Å². The molecule has 0 fully saturated rings. The Kier molecular flexibility index (Phi) is 6.54. The van der Waals surface area contributed by atoms with Crippen LogP contribution in [0.15, 0.2) is 12.4 Å². The molecule has 5 nitrogen and oxygen atoms in total. The summed E-state index contributed by atoms with van der Waals surface area (Å²) < 4.78 is 0. The normalized spacial score (nSPS) is 11.5. The van der Waals surface area contributed by atoms with Crippen molar-refractivity contribution in [3.05, 3.63) is 17.3 Å². The number of hydrogen-bond acceptors (Lipinski definition) is 5. The second-order valence-electron chi connectivity index (χ2n) is 7.06. The lowest BCUT2D eigenvalue weighted by Gasteiger charge is -2.26. The van der Waals surface area contributed by atoms with Crippen LogP contribution in [0.2, 0.25) is 0 Å². The zero-order valence-corrected chi connectivity index (χ0v) is 16.1. The first-order valence-electron chi connectivity index (χ1n) is 8.59. The van der Waals surface area contributed by atoms with E-state index in [2.05, 4.69) is 56.0 Å². The molecule has 0 bridgehead atoms. The molecule has 0 aromatic carbocycles. The molecule has 132 valence electrons. The van der Waals surface area contributed by atoms with E-state index in [4.69, 9.17) is 0 Å². The Labute approximate surface area is 148 Å². The van der Waals surface area contributed by atoms with Gasteiger partial charge in [0.25, 0.3) is 0 Å². The van der Waals surface area contributed by atoms with Gasteiger partial charge < -0.3 is 10.2 Å². The highest BCUT2D eigenvalue weighted by Crippen LogP contribution is 2.27. The number of fused-ring (bicyclic) bond motifs is 1. The smallest absolute Gasteiger partial charge is 0.224 e. The van der Waals surface area contributed by atoms with Gasteiger partial charge in [-0.1, -0.05) is 27.7 Å². The van der Waals surface area contributed by atoms with E-state index in [1.165, 1.54) is 4.88 Å². The third-order valence-electron chi connectivity index (χ3n) is 3.61. The largest absolute Gasteiger partial charge is 0.369 e. The minimum Gasteiger partial charge on any atom is -0.369 e. The molecule has 2 rings (SSSR count). The van der Waals surface area contributed by atoms with E-state index >= 15 is 0 Å². The molecule has 0 saturated carbocycles. The minimum atomic E-state index is 0.205. The van der Waals surface area contributed by atoms with Gasteiger partial charge in [0, 0.05) is 30.9 Å².